The molecule has 1 unspecified atom stereocenters. The van der Waals surface area contributed by atoms with Crippen LogP contribution in [0.15, 0.2) is 0 Å². The Morgan fingerprint density at radius 1 is 1.50 bits per heavy atom. The van der Waals surface area contributed by atoms with Gasteiger partial charge in [0.2, 0.25) is 10.0 Å². The summed E-state index contributed by atoms with van der Waals surface area (Å²) in [6.07, 6.45) is 3.28. The first-order chi connectivity index (χ1) is 6.60. The Morgan fingerprint density at radius 3 is 2.79 bits per heavy atom. The zero-order chi connectivity index (χ0) is 10.6. The van der Waals surface area contributed by atoms with Crippen LogP contribution >= 0.6 is 0 Å². The highest BCUT2D eigenvalue weighted by Crippen LogP contribution is 2.23. The van der Waals surface area contributed by atoms with E-state index in [1.165, 1.54) is 0 Å². The van der Waals surface area contributed by atoms with Crippen molar-refractivity contribution in [3.8, 4) is 0 Å². The third-order valence-electron chi connectivity index (χ3n) is 2.71. The van der Waals surface area contributed by atoms with Crippen LogP contribution in [-0.2, 0) is 10.0 Å². The fraction of sp³-hybridized carbons (Fsp3) is 1.00. The molecule has 1 atom stereocenters. The van der Waals surface area contributed by atoms with E-state index < -0.39 is 10.0 Å². The van der Waals surface area contributed by atoms with Gasteiger partial charge in [0.05, 0.1) is 5.75 Å². The number of rotatable bonds is 5. The Kier molecular flexibility index (Phi) is 4.34. The topological polar surface area (TPSA) is 63.4 Å². The average Bonchev–Trinajstić information content (AvgIpc) is 2.54. The monoisotopic (exact) mass is 220 g/mol. The fourth-order valence-electron chi connectivity index (χ4n) is 1.97. The van der Waals surface area contributed by atoms with Crippen molar-refractivity contribution in [2.24, 2.45) is 11.7 Å². The molecule has 0 aromatic heterocycles. The molecule has 0 spiro atoms. The predicted molar refractivity (Wildman–Crippen MR) is 57.4 cm³/mol. The first-order valence-corrected chi connectivity index (χ1v) is 6.89. The molecule has 1 aliphatic heterocycles. The van der Waals surface area contributed by atoms with Crippen LogP contribution in [-0.4, -0.2) is 38.1 Å². The van der Waals surface area contributed by atoms with Crippen molar-refractivity contribution in [3.05, 3.63) is 0 Å². The van der Waals surface area contributed by atoms with E-state index in [4.69, 9.17) is 5.73 Å². The van der Waals surface area contributed by atoms with Crippen LogP contribution < -0.4 is 5.73 Å². The van der Waals surface area contributed by atoms with E-state index in [-0.39, 0.29) is 12.3 Å². The molecule has 84 valence electrons. The van der Waals surface area contributed by atoms with Crippen molar-refractivity contribution >= 4 is 10.0 Å². The molecule has 0 saturated carbocycles. The fourth-order valence-corrected chi connectivity index (χ4v) is 3.35. The largest absolute Gasteiger partial charge is 0.329 e. The molecular weight excluding hydrogens is 200 g/mol. The molecule has 0 aromatic carbocycles. The maximum Gasteiger partial charge on any atom is 0.215 e. The van der Waals surface area contributed by atoms with Crippen molar-refractivity contribution in [3.63, 3.8) is 0 Å². The number of hydrogen-bond acceptors (Lipinski definition) is 3. The summed E-state index contributed by atoms with van der Waals surface area (Å²) in [4.78, 5) is 0. The van der Waals surface area contributed by atoms with Gasteiger partial charge in [-0.15, -0.1) is 0 Å². The smallest absolute Gasteiger partial charge is 0.215 e. The van der Waals surface area contributed by atoms with Gasteiger partial charge in [0.25, 0.3) is 0 Å². The molecule has 0 bridgehead atoms. The second-order valence-electron chi connectivity index (χ2n) is 3.91. The molecule has 1 saturated heterocycles. The lowest BCUT2D eigenvalue weighted by Gasteiger charge is -2.15. The van der Waals surface area contributed by atoms with Gasteiger partial charge in [0.1, 0.15) is 0 Å². The molecule has 0 radical (unpaired) electrons. The lowest BCUT2D eigenvalue weighted by atomic mass is 10.0. The molecule has 4 nitrogen and oxygen atoms in total. The minimum Gasteiger partial charge on any atom is -0.329 e. The standard InChI is InChI=1S/C9H20N2O2S/c1-2-3-9-4-6-11(8-9)14(12,13)7-5-10/h9H,2-8,10H2,1H3. The molecule has 1 aliphatic rings. The van der Waals surface area contributed by atoms with E-state index >= 15 is 0 Å². The summed E-state index contributed by atoms with van der Waals surface area (Å²) in [6, 6.07) is 0. The third kappa shape index (κ3) is 2.93. The van der Waals surface area contributed by atoms with Crippen molar-refractivity contribution in [2.45, 2.75) is 26.2 Å². The van der Waals surface area contributed by atoms with Gasteiger partial charge in [-0.05, 0) is 18.8 Å². The summed E-state index contributed by atoms with van der Waals surface area (Å²) in [5, 5.41) is 0. The second-order valence-corrected chi connectivity index (χ2v) is 5.99. The Bertz CT molecular complexity index is 264. The predicted octanol–water partition coefficient (Wildman–Crippen LogP) is 0.397. The first kappa shape index (κ1) is 11.9. The molecule has 0 aliphatic carbocycles. The van der Waals surface area contributed by atoms with E-state index in [1.807, 2.05) is 0 Å². The van der Waals surface area contributed by atoms with Gasteiger partial charge < -0.3 is 5.73 Å². The van der Waals surface area contributed by atoms with E-state index in [0.717, 1.165) is 19.3 Å². The Balaban J connectivity index is 2.49. The minimum absolute atomic E-state index is 0.0891. The van der Waals surface area contributed by atoms with Crippen molar-refractivity contribution in [2.75, 3.05) is 25.4 Å². The highest BCUT2D eigenvalue weighted by atomic mass is 32.2. The molecule has 5 heteroatoms. The van der Waals surface area contributed by atoms with Gasteiger partial charge in [0, 0.05) is 19.6 Å². The van der Waals surface area contributed by atoms with E-state index in [9.17, 15) is 8.42 Å². The number of sulfonamides is 1. The molecule has 1 heterocycles. The summed E-state index contributed by atoms with van der Waals surface area (Å²) in [6.45, 7) is 3.75. The van der Waals surface area contributed by atoms with Crippen molar-refractivity contribution in [1.82, 2.24) is 4.31 Å². The SMILES string of the molecule is CCCC1CCN(S(=O)(=O)CCN)C1. The van der Waals surface area contributed by atoms with Gasteiger partial charge in [-0.25, -0.2) is 12.7 Å². The number of nitrogens with two attached hydrogens (primary N) is 1. The maximum atomic E-state index is 11.6. The lowest BCUT2D eigenvalue weighted by molar-refractivity contribution is 0.445. The molecule has 2 N–H and O–H groups in total. The molecular formula is C9H20N2O2S. The summed E-state index contributed by atoms with van der Waals surface area (Å²) < 4.78 is 24.9. The molecule has 0 amide bonds. The maximum absolute atomic E-state index is 11.6. The summed E-state index contributed by atoms with van der Waals surface area (Å²) in [7, 11) is -3.05. The zero-order valence-electron chi connectivity index (χ0n) is 8.78. The highest BCUT2D eigenvalue weighted by Gasteiger charge is 2.29. The Hall–Kier alpha value is -0.130. The van der Waals surface area contributed by atoms with Crippen LogP contribution in [0, 0.1) is 5.92 Å². The average molecular weight is 220 g/mol. The van der Waals surface area contributed by atoms with E-state index in [1.54, 1.807) is 4.31 Å². The van der Waals surface area contributed by atoms with Crippen molar-refractivity contribution < 1.29 is 8.42 Å². The van der Waals surface area contributed by atoms with Gasteiger partial charge in [-0.2, -0.15) is 0 Å². The van der Waals surface area contributed by atoms with Crippen LogP contribution in [0.1, 0.15) is 26.2 Å². The molecule has 14 heavy (non-hydrogen) atoms. The minimum atomic E-state index is -3.05. The Labute approximate surface area is 86.5 Å². The second kappa shape index (κ2) is 5.09. The summed E-state index contributed by atoms with van der Waals surface area (Å²) >= 11 is 0. The molecule has 1 fully saturated rings. The van der Waals surface area contributed by atoms with Crippen LogP contribution in [0.25, 0.3) is 0 Å². The number of nitrogens with zero attached hydrogens (tertiary/aromatic N) is 1. The normalized spacial score (nSPS) is 24.3. The highest BCUT2D eigenvalue weighted by molar-refractivity contribution is 7.89. The van der Waals surface area contributed by atoms with Crippen molar-refractivity contribution in [1.29, 1.82) is 0 Å². The van der Waals surface area contributed by atoms with Crippen LogP contribution in [0.5, 0.6) is 0 Å². The summed E-state index contributed by atoms with van der Waals surface area (Å²) in [5.74, 6) is 0.652. The van der Waals surface area contributed by atoms with E-state index in [0.29, 0.717) is 19.0 Å². The zero-order valence-corrected chi connectivity index (χ0v) is 9.59. The quantitative estimate of drug-likeness (QED) is 0.729. The van der Waals surface area contributed by atoms with Gasteiger partial charge in [-0.1, -0.05) is 13.3 Å². The lowest BCUT2D eigenvalue weighted by Crippen LogP contribution is -2.33. The third-order valence-corrected chi connectivity index (χ3v) is 4.58. The van der Waals surface area contributed by atoms with E-state index in [2.05, 4.69) is 6.92 Å². The first-order valence-electron chi connectivity index (χ1n) is 5.28. The Morgan fingerprint density at radius 2 is 2.21 bits per heavy atom. The van der Waals surface area contributed by atoms with Crippen LogP contribution in [0.3, 0.4) is 0 Å². The number of hydrogen-bond donors (Lipinski definition) is 1. The molecule has 0 aromatic rings. The van der Waals surface area contributed by atoms with Crippen LogP contribution in [0.4, 0.5) is 0 Å². The molecule has 1 rings (SSSR count). The van der Waals surface area contributed by atoms with Gasteiger partial charge in [0.15, 0.2) is 0 Å². The van der Waals surface area contributed by atoms with Crippen LogP contribution in [0.2, 0.25) is 0 Å². The van der Waals surface area contributed by atoms with Gasteiger partial charge >= 0.3 is 0 Å². The summed E-state index contributed by atoms with van der Waals surface area (Å²) in [5.41, 5.74) is 5.27. The van der Waals surface area contributed by atoms with Gasteiger partial charge in [-0.3, -0.25) is 0 Å².